The van der Waals surface area contributed by atoms with Crippen molar-refractivity contribution in [3.8, 4) is 16.9 Å². The Morgan fingerprint density at radius 2 is 1.80 bits per heavy atom. The van der Waals surface area contributed by atoms with Crippen LogP contribution in [0.3, 0.4) is 0 Å². The van der Waals surface area contributed by atoms with Crippen LogP contribution in [0.5, 0.6) is 5.75 Å². The molecule has 11 nitrogen and oxygen atoms in total. The smallest absolute Gasteiger partial charge is 0.411 e. The minimum Gasteiger partial charge on any atom is -0.511 e. The predicted octanol–water partition coefficient (Wildman–Crippen LogP) is 2.98. The van der Waals surface area contributed by atoms with Gasteiger partial charge in [0, 0.05) is 23.6 Å². The number of phenols is 1. The highest BCUT2D eigenvalue weighted by molar-refractivity contribution is 6.24. The third kappa shape index (κ3) is 4.02. The van der Waals surface area contributed by atoms with Crippen LogP contribution in [-0.4, -0.2) is 56.2 Å². The molecule has 2 amide bonds. The van der Waals surface area contributed by atoms with Gasteiger partial charge in [-0.25, -0.2) is 4.79 Å². The number of primary amides is 1. The number of ether oxygens (including phenoxy) is 1. The minimum atomic E-state index is -2.61. The number of benzene rings is 2. The zero-order chi connectivity index (χ0) is 28.9. The number of Topliss-reactive ketones (excluding diaryl/α,β-unsaturated/α-hetero) is 2. The summed E-state index contributed by atoms with van der Waals surface area (Å²) in [5.41, 5.74) is 3.76. The largest absolute Gasteiger partial charge is 0.511 e. The molecule has 0 aromatic heterocycles. The number of aliphatic hydroxyl groups is 3. The van der Waals surface area contributed by atoms with Crippen LogP contribution in [-0.2, 0) is 20.7 Å². The molecular formula is C29H26N2O9. The minimum absolute atomic E-state index is 0.0354. The molecule has 0 heterocycles. The number of rotatable bonds is 5. The van der Waals surface area contributed by atoms with Gasteiger partial charge < -0.3 is 30.9 Å². The van der Waals surface area contributed by atoms with E-state index in [1.165, 1.54) is 12.1 Å². The Labute approximate surface area is 227 Å². The molecule has 0 bridgehead atoms. The first-order valence-electron chi connectivity index (χ1n) is 12.5. The van der Waals surface area contributed by atoms with Gasteiger partial charge in [-0.3, -0.25) is 19.7 Å². The van der Waals surface area contributed by atoms with E-state index in [0.717, 1.165) is 0 Å². The van der Waals surface area contributed by atoms with E-state index >= 15 is 0 Å². The van der Waals surface area contributed by atoms with E-state index in [-0.39, 0.29) is 42.8 Å². The van der Waals surface area contributed by atoms with Crippen molar-refractivity contribution in [3.05, 3.63) is 82.8 Å². The number of ketones is 2. The predicted molar refractivity (Wildman–Crippen MR) is 141 cm³/mol. The number of carbonyl (C=O) groups excluding carboxylic acids is 4. The summed E-state index contributed by atoms with van der Waals surface area (Å²) in [5, 5.41) is 46.0. The summed E-state index contributed by atoms with van der Waals surface area (Å²) in [4.78, 5) is 50.4. The fraction of sp³-hybridized carbons (Fsp3) is 0.241. The molecule has 206 valence electrons. The van der Waals surface area contributed by atoms with Crippen LogP contribution in [0.15, 0.2) is 71.7 Å². The molecule has 3 atom stereocenters. The van der Waals surface area contributed by atoms with E-state index in [4.69, 9.17) is 10.5 Å². The average Bonchev–Trinajstić information content (AvgIpc) is 2.90. The summed E-state index contributed by atoms with van der Waals surface area (Å²) < 4.78 is 4.91. The van der Waals surface area contributed by atoms with Crippen molar-refractivity contribution in [2.24, 2.45) is 17.6 Å². The number of phenolic OH excluding ortho intramolecular Hbond substituents is 1. The monoisotopic (exact) mass is 546 g/mol. The molecule has 7 N–H and O–H groups in total. The van der Waals surface area contributed by atoms with E-state index in [2.05, 4.69) is 11.9 Å². The van der Waals surface area contributed by atoms with Gasteiger partial charge in [0.15, 0.2) is 11.4 Å². The Bertz CT molecular complexity index is 1550. The van der Waals surface area contributed by atoms with Gasteiger partial charge in [0.05, 0.1) is 5.56 Å². The lowest BCUT2D eigenvalue weighted by Gasteiger charge is -2.45. The molecule has 0 fully saturated rings. The van der Waals surface area contributed by atoms with Crippen LogP contribution in [0.4, 0.5) is 10.5 Å². The number of anilines is 1. The fourth-order valence-electron chi connectivity index (χ4n) is 5.91. The van der Waals surface area contributed by atoms with Gasteiger partial charge in [-0.1, -0.05) is 30.9 Å². The third-order valence-electron chi connectivity index (χ3n) is 7.72. The molecule has 40 heavy (non-hydrogen) atoms. The summed E-state index contributed by atoms with van der Waals surface area (Å²) >= 11 is 0. The first-order valence-corrected chi connectivity index (χ1v) is 12.5. The van der Waals surface area contributed by atoms with E-state index in [9.17, 15) is 39.6 Å². The Hall–Kier alpha value is -4.90. The molecule has 3 aliphatic carbocycles. The molecule has 0 unspecified atom stereocenters. The van der Waals surface area contributed by atoms with Crippen molar-refractivity contribution >= 4 is 29.3 Å². The van der Waals surface area contributed by atoms with Gasteiger partial charge in [-0.05, 0) is 53.6 Å². The average molecular weight is 547 g/mol. The second kappa shape index (κ2) is 9.69. The molecule has 0 aliphatic heterocycles. The molecule has 5 rings (SSSR count). The van der Waals surface area contributed by atoms with Crippen molar-refractivity contribution in [1.82, 2.24) is 0 Å². The molecule has 2 aromatic carbocycles. The number of nitrogens with two attached hydrogens (primary N) is 1. The summed E-state index contributed by atoms with van der Waals surface area (Å²) in [6.07, 6.45) is 0.697. The zero-order valence-electron chi connectivity index (χ0n) is 21.1. The fourth-order valence-corrected chi connectivity index (χ4v) is 5.91. The van der Waals surface area contributed by atoms with Gasteiger partial charge in [-0.2, -0.15) is 0 Å². The highest BCUT2D eigenvalue weighted by atomic mass is 16.5. The van der Waals surface area contributed by atoms with Crippen molar-refractivity contribution in [1.29, 1.82) is 0 Å². The molecule has 0 saturated heterocycles. The van der Waals surface area contributed by atoms with Crippen LogP contribution in [0.25, 0.3) is 11.1 Å². The lowest BCUT2D eigenvalue weighted by molar-refractivity contribution is -0.144. The molecule has 3 aliphatic rings. The van der Waals surface area contributed by atoms with E-state index in [0.29, 0.717) is 22.4 Å². The van der Waals surface area contributed by atoms with Crippen LogP contribution in [0.2, 0.25) is 0 Å². The summed E-state index contributed by atoms with van der Waals surface area (Å²) in [5.74, 6) is -6.77. The lowest BCUT2D eigenvalue weighted by Crippen LogP contribution is -2.57. The SMILES string of the molecule is C=CCOC(=O)Nc1ccc(-c2ccc(O)c3c2C[C@H]2C[C@H]4CC(O)=C(C(N)=O)C(=O)[C@@]4(O)C(O)=C2C3=O)cc1. The first kappa shape index (κ1) is 26.7. The number of amides is 2. The zero-order valence-corrected chi connectivity index (χ0v) is 21.1. The quantitative estimate of drug-likeness (QED) is 0.241. The van der Waals surface area contributed by atoms with Crippen LogP contribution >= 0.6 is 0 Å². The summed E-state index contributed by atoms with van der Waals surface area (Å²) in [6.45, 7) is 3.53. The standard InChI is InChI=1S/C29H26N2O9/c1-2-9-40-28(38)31-16-5-3-13(4-6-16)17-7-8-19(32)22-18(17)11-14-10-15-12-20(33)23(27(30)37)26(36)29(15,39)25(35)21(14)24(22)34/h2-8,14-15,32-33,35,39H,1,9-12H2,(H2,30,37)(H,31,38)/t14-,15+,29+/m1/s1. The Kier molecular flexibility index (Phi) is 6.47. The first-order chi connectivity index (χ1) is 19.0. The van der Waals surface area contributed by atoms with Gasteiger partial charge in [0.1, 0.15) is 29.4 Å². The van der Waals surface area contributed by atoms with E-state index in [1.54, 1.807) is 30.3 Å². The molecule has 2 aromatic rings. The summed E-state index contributed by atoms with van der Waals surface area (Å²) in [6, 6.07) is 9.71. The van der Waals surface area contributed by atoms with Crippen molar-refractivity contribution in [2.75, 3.05) is 11.9 Å². The topological polar surface area (TPSA) is 196 Å². The number of hydrogen-bond acceptors (Lipinski definition) is 9. The van der Waals surface area contributed by atoms with Gasteiger partial charge in [-0.15, -0.1) is 0 Å². The van der Waals surface area contributed by atoms with Crippen molar-refractivity contribution < 1.29 is 44.3 Å². The second-order valence-corrected chi connectivity index (χ2v) is 9.99. The van der Waals surface area contributed by atoms with Crippen LogP contribution < -0.4 is 11.1 Å². The third-order valence-corrected chi connectivity index (χ3v) is 7.72. The maximum absolute atomic E-state index is 13.7. The molecule has 0 saturated carbocycles. The number of aromatic hydroxyl groups is 1. The van der Waals surface area contributed by atoms with Crippen LogP contribution in [0.1, 0.15) is 28.8 Å². The molecular weight excluding hydrogens is 520 g/mol. The molecule has 0 spiro atoms. The van der Waals surface area contributed by atoms with Crippen molar-refractivity contribution in [2.45, 2.75) is 24.9 Å². The number of allylic oxidation sites excluding steroid dienone is 2. The Morgan fingerprint density at radius 1 is 1.10 bits per heavy atom. The van der Waals surface area contributed by atoms with E-state index in [1.807, 2.05) is 0 Å². The Balaban J connectivity index is 1.54. The Morgan fingerprint density at radius 3 is 2.45 bits per heavy atom. The van der Waals surface area contributed by atoms with E-state index < -0.39 is 58.1 Å². The lowest BCUT2D eigenvalue weighted by atomic mass is 9.60. The highest BCUT2D eigenvalue weighted by Crippen LogP contribution is 2.52. The highest BCUT2D eigenvalue weighted by Gasteiger charge is 2.59. The normalized spacial score (nSPS) is 23.6. The summed E-state index contributed by atoms with van der Waals surface area (Å²) in [7, 11) is 0. The second-order valence-electron chi connectivity index (χ2n) is 9.99. The number of carbonyl (C=O) groups is 4. The number of nitrogens with one attached hydrogen (secondary N) is 1. The van der Waals surface area contributed by atoms with Gasteiger partial charge in [0.25, 0.3) is 5.91 Å². The van der Waals surface area contributed by atoms with Crippen LogP contribution in [0, 0.1) is 11.8 Å². The number of hydrogen-bond donors (Lipinski definition) is 6. The molecule has 11 heteroatoms. The maximum atomic E-state index is 13.7. The number of fused-ring (bicyclic) bond motifs is 3. The van der Waals surface area contributed by atoms with Crippen molar-refractivity contribution in [3.63, 3.8) is 0 Å². The van der Waals surface area contributed by atoms with Gasteiger partial charge in [0.2, 0.25) is 5.78 Å². The maximum Gasteiger partial charge on any atom is 0.411 e. The number of aliphatic hydroxyl groups excluding tert-OH is 2. The molecule has 0 radical (unpaired) electrons. The van der Waals surface area contributed by atoms with Gasteiger partial charge >= 0.3 is 6.09 Å².